The fourth-order valence-corrected chi connectivity index (χ4v) is 3.46. The van der Waals surface area contributed by atoms with E-state index >= 15 is 0 Å². The minimum absolute atomic E-state index is 0.0867. The van der Waals surface area contributed by atoms with Crippen molar-refractivity contribution in [2.45, 2.75) is 4.90 Å². The van der Waals surface area contributed by atoms with E-state index in [9.17, 15) is 13.5 Å². The minimum Gasteiger partial charge on any atom is -0.508 e. The summed E-state index contributed by atoms with van der Waals surface area (Å²) in [5.74, 6) is 0.0867. The van der Waals surface area contributed by atoms with Crippen LogP contribution in [0.25, 0.3) is 22.0 Å². The molecule has 0 amide bonds. The highest BCUT2D eigenvalue weighted by Crippen LogP contribution is 2.36. The van der Waals surface area contributed by atoms with Gasteiger partial charge in [-0.1, -0.05) is 23.7 Å². The molecule has 0 bridgehead atoms. The Hall–Kier alpha value is -2.11. The Balaban J connectivity index is 2.40. The van der Waals surface area contributed by atoms with Crippen LogP contribution >= 0.6 is 11.6 Å². The van der Waals surface area contributed by atoms with Crippen molar-refractivity contribution in [3.63, 3.8) is 0 Å². The molecule has 0 fully saturated rings. The summed E-state index contributed by atoms with van der Waals surface area (Å²) in [7, 11) is -3.39. The Morgan fingerprint density at radius 1 is 1.09 bits per heavy atom. The number of phenols is 1. The molecule has 0 aliphatic heterocycles. The van der Waals surface area contributed by atoms with Crippen molar-refractivity contribution in [2.24, 2.45) is 0 Å². The number of para-hydroxylation sites is 1. The number of sulfone groups is 1. The van der Waals surface area contributed by atoms with Gasteiger partial charge in [0.05, 0.1) is 10.4 Å². The number of hydrogen-bond donors (Lipinski definition) is 1. The zero-order valence-corrected chi connectivity index (χ0v) is 13.2. The SMILES string of the molecule is CS(=O)(=O)c1cccc2c(-c3cc(O)ccc3Cl)ccnc12. The van der Waals surface area contributed by atoms with Gasteiger partial charge in [-0.05, 0) is 35.9 Å². The van der Waals surface area contributed by atoms with Crippen LogP contribution in [0.15, 0.2) is 53.6 Å². The quantitative estimate of drug-likeness (QED) is 0.777. The van der Waals surface area contributed by atoms with Crippen molar-refractivity contribution in [1.29, 1.82) is 0 Å². The Kier molecular flexibility index (Phi) is 3.54. The van der Waals surface area contributed by atoms with E-state index in [1.165, 1.54) is 18.3 Å². The van der Waals surface area contributed by atoms with Gasteiger partial charge in [0, 0.05) is 28.4 Å². The molecule has 3 aromatic rings. The maximum Gasteiger partial charge on any atom is 0.177 e. The van der Waals surface area contributed by atoms with Crippen molar-refractivity contribution < 1.29 is 13.5 Å². The Bertz CT molecular complexity index is 984. The molecule has 0 saturated carbocycles. The van der Waals surface area contributed by atoms with Gasteiger partial charge in [-0.2, -0.15) is 0 Å². The normalized spacial score (nSPS) is 11.7. The highest BCUT2D eigenvalue weighted by Gasteiger charge is 2.16. The Labute approximate surface area is 132 Å². The van der Waals surface area contributed by atoms with Crippen LogP contribution in [0, 0.1) is 0 Å². The number of nitrogens with zero attached hydrogens (tertiary/aromatic N) is 1. The number of aromatic hydroxyl groups is 1. The van der Waals surface area contributed by atoms with Crippen LogP contribution in [0.4, 0.5) is 0 Å². The van der Waals surface area contributed by atoms with Crippen molar-refractivity contribution in [2.75, 3.05) is 6.26 Å². The molecule has 0 spiro atoms. The lowest BCUT2D eigenvalue weighted by Crippen LogP contribution is -1.99. The van der Waals surface area contributed by atoms with Gasteiger partial charge >= 0.3 is 0 Å². The van der Waals surface area contributed by atoms with E-state index in [1.807, 2.05) is 0 Å². The summed E-state index contributed by atoms with van der Waals surface area (Å²) in [6.07, 6.45) is 2.68. The van der Waals surface area contributed by atoms with Crippen LogP contribution in [0.5, 0.6) is 5.75 Å². The van der Waals surface area contributed by atoms with Gasteiger partial charge in [-0.25, -0.2) is 8.42 Å². The number of aromatic nitrogens is 1. The second-order valence-electron chi connectivity index (χ2n) is 4.95. The van der Waals surface area contributed by atoms with Gasteiger partial charge in [0.15, 0.2) is 9.84 Å². The van der Waals surface area contributed by atoms with Crippen LogP contribution in [0.2, 0.25) is 5.02 Å². The lowest BCUT2D eigenvalue weighted by molar-refractivity contribution is 0.475. The van der Waals surface area contributed by atoms with E-state index in [0.29, 0.717) is 21.5 Å². The molecule has 2 aromatic carbocycles. The van der Waals surface area contributed by atoms with Crippen molar-refractivity contribution in [1.82, 2.24) is 4.98 Å². The first-order valence-electron chi connectivity index (χ1n) is 6.44. The van der Waals surface area contributed by atoms with Gasteiger partial charge < -0.3 is 5.11 Å². The third-order valence-electron chi connectivity index (χ3n) is 3.37. The Morgan fingerprint density at radius 3 is 2.59 bits per heavy atom. The molecule has 3 rings (SSSR count). The van der Waals surface area contributed by atoms with E-state index in [2.05, 4.69) is 4.98 Å². The predicted molar refractivity (Wildman–Crippen MR) is 87.0 cm³/mol. The first kappa shape index (κ1) is 14.8. The summed E-state index contributed by atoms with van der Waals surface area (Å²) in [4.78, 5) is 4.37. The molecule has 1 aromatic heterocycles. The average molecular weight is 334 g/mol. The van der Waals surface area contributed by atoms with Gasteiger partial charge in [-0.15, -0.1) is 0 Å². The van der Waals surface area contributed by atoms with Crippen LogP contribution in [-0.2, 0) is 9.84 Å². The highest BCUT2D eigenvalue weighted by molar-refractivity contribution is 7.91. The lowest BCUT2D eigenvalue weighted by Gasteiger charge is -2.10. The maximum absolute atomic E-state index is 11.9. The average Bonchev–Trinajstić information content (AvgIpc) is 2.47. The van der Waals surface area contributed by atoms with E-state index in [0.717, 1.165) is 11.8 Å². The summed E-state index contributed by atoms with van der Waals surface area (Å²) in [6.45, 7) is 0. The number of fused-ring (bicyclic) bond motifs is 1. The molecule has 6 heteroatoms. The molecule has 0 saturated heterocycles. The van der Waals surface area contributed by atoms with Gasteiger partial charge in [0.25, 0.3) is 0 Å². The summed E-state index contributed by atoms with van der Waals surface area (Å²) < 4.78 is 23.8. The molecule has 0 radical (unpaired) electrons. The second-order valence-corrected chi connectivity index (χ2v) is 7.34. The second kappa shape index (κ2) is 5.26. The number of hydrogen-bond acceptors (Lipinski definition) is 4. The van der Waals surface area contributed by atoms with E-state index in [4.69, 9.17) is 11.6 Å². The number of phenolic OH excluding ortho intramolecular Hbond substituents is 1. The molecular weight excluding hydrogens is 322 g/mol. The van der Waals surface area contributed by atoms with E-state index in [-0.39, 0.29) is 10.6 Å². The molecule has 0 unspecified atom stereocenters. The summed E-state index contributed by atoms with van der Waals surface area (Å²) in [5.41, 5.74) is 1.73. The van der Waals surface area contributed by atoms with Crippen molar-refractivity contribution in [3.05, 3.63) is 53.7 Å². The van der Waals surface area contributed by atoms with Crippen molar-refractivity contribution in [3.8, 4) is 16.9 Å². The predicted octanol–water partition coefficient (Wildman–Crippen LogP) is 3.66. The van der Waals surface area contributed by atoms with Crippen molar-refractivity contribution >= 4 is 32.3 Å². The van der Waals surface area contributed by atoms with Crippen LogP contribution in [0.3, 0.4) is 0 Å². The van der Waals surface area contributed by atoms with Gasteiger partial charge in [0.1, 0.15) is 5.75 Å². The molecule has 22 heavy (non-hydrogen) atoms. The summed E-state index contributed by atoms with van der Waals surface area (Å²) >= 11 is 6.21. The molecule has 1 N–H and O–H groups in total. The van der Waals surface area contributed by atoms with E-state index in [1.54, 1.807) is 30.3 Å². The number of pyridine rings is 1. The lowest BCUT2D eigenvalue weighted by atomic mass is 10.0. The topological polar surface area (TPSA) is 67.3 Å². The molecule has 4 nitrogen and oxygen atoms in total. The smallest absolute Gasteiger partial charge is 0.177 e. The van der Waals surface area contributed by atoms with Crippen LogP contribution < -0.4 is 0 Å². The third kappa shape index (κ3) is 2.53. The first-order chi connectivity index (χ1) is 10.4. The molecule has 0 aliphatic rings. The Morgan fingerprint density at radius 2 is 1.86 bits per heavy atom. The monoisotopic (exact) mass is 333 g/mol. The molecule has 0 aliphatic carbocycles. The van der Waals surface area contributed by atoms with Gasteiger partial charge in [-0.3, -0.25) is 4.98 Å². The summed E-state index contributed by atoms with van der Waals surface area (Å²) in [5, 5.41) is 10.8. The zero-order valence-electron chi connectivity index (χ0n) is 11.6. The fraction of sp³-hybridized carbons (Fsp3) is 0.0625. The van der Waals surface area contributed by atoms with Crippen LogP contribution in [-0.4, -0.2) is 24.8 Å². The number of rotatable bonds is 2. The standard InChI is InChI=1S/C16H12ClNO3S/c1-22(20,21)15-4-2-3-12-11(7-8-18-16(12)15)13-9-10(19)5-6-14(13)17/h2-9,19H,1H3. The highest BCUT2D eigenvalue weighted by atomic mass is 35.5. The molecule has 1 heterocycles. The summed E-state index contributed by atoms with van der Waals surface area (Å²) in [6, 6.07) is 11.4. The molecule has 112 valence electrons. The van der Waals surface area contributed by atoms with E-state index < -0.39 is 9.84 Å². The van der Waals surface area contributed by atoms with Gasteiger partial charge in [0.2, 0.25) is 0 Å². The first-order valence-corrected chi connectivity index (χ1v) is 8.71. The minimum atomic E-state index is -3.39. The molecule has 0 atom stereocenters. The molecular formula is C16H12ClNO3S. The third-order valence-corrected chi connectivity index (χ3v) is 4.83. The fourth-order valence-electron chi connectivity index (χ4n) is 2.40. The number of benzene rings is 2. The van der Waals surface area contributed by atoms with Crippen LogP contribution in [0.1, 0.15) is 0 Å². The maximum atomic E-state index is 11.9. The zero-order chi connectivity index (χ0) is 15.9. The largest absolute Gasteiger partial charge is 0.508 e. The number of halogens is 1.